The molecule has 0 aliphatic heterocycles. The average Bonchev–Trinajstić information content (AvgIpc) is 2.95. The minimum atomic E-state index is -0.0440. The Bertz CT molecular complexity index is 798. The second-order valence-electron chi connectivity index (χ2n) is 4.84. The molecule has 1 aromatic heterocycles. The van der Waals surface area contributed by atoms with Gasteiger partial charge in [-0.2, -0.15) is 0 Å². The molecular weight excluding hydrogens is 296 g/mol. The molecule has 3 aromatic rings. The average molecular weight is 312 g/mol. The molecule has 0 unspecified atom stereocenters. The number of carbonyl (C=O) groups is 1. The Labute approximate surface area is 132 Å². The molecule has 0 saturated carbocycles. The minimum Gasteiger partial charge on any atom is -0.494 e. The van der Waals surface area contributed by atoms with E-state index in [1.807, 2.05) is 49.4 Å². The first-order valence-corrected chi connectivity index (χ1v) is 7.97. The predicted octanol–water partition coefficient (Wildman–Crippen LogP) is 3.88. The fourth-order valence-electron chi connectivity index (χ4n) is 2.24. The second-order valence-corrected chi connectivity index (χ2v) is 5.73. The molecule has 2 aromatic carbocycles. The third-order valence-electron chi connectivity index (χ3n) is 3.19. The lowest BCUT2D eigenvalue weighted by Crippen LogP contribution is -2.14. The Morgan fingerprint density at radius 2 is 2.18 bits per heavy atom. The van der Waals surface area contributed by atoms with Crippen molar-refractivity contribution in [1.82, 2.24) is 4.98 Å². The van der Waals surface area contributed by atoms with Gasteiger partial charge >= 0.3 is 0 Å². The quantitative estimate of drug-likeness (QED) is 0.778. The second kappa shape index (κ2) is 6.58. The summed E-state index contributed by atoms with van der Waals surface area (Å²) in [4.78, 5) is 16.4. The summed E-state index contributed by atoms with van der Waals surface area (Å²) in [6.45, 7) is 2.56. The topological polar surface area (TPSA) is 51.2 Å². The number of carbonyl (C=O) groups excluding carboxylic acids is 1. The first kappa shape index (κ1) is 14.5. The summed E-state index contributed by atoms with van der Waals surface area (Å²) in [5, 5.41) is 2.92. The summed E-state index contributed by atoms with van der Waals surface area (Å²) < 4.78 is 6.51. The van der Waals surface area contributed by atoms with Crippen LogP contribution in [0, 0.1) is 0 Å². The van der Waals surface area contributed by atoms with Gasteiger partial charge in [0.25, 0.3) is 0 Å². The van der Waals surface area contributed by atoms with Gasteiger partial charge < -0.3 is 10.1 Å². The van der Waals surface area contributed by atoms with Crippen molar-refractivity contribution < 1.29 is 9.53 Å². The number of amides is 1. The van der Waals surface area contributed by atoms with Crippen LogP contribution in [0.15, 0.2) is 48.0 Å². The fourth-order valence-corrected chi connectivity index (χ4v) is 2.95. The molecule has 22 heavy (non-hydrogen) atoms. The van der Waals surface area contributed by atoms with Crippen molar-refractivity contribution in [1.29, 1.82) is 0 Å². The summed E-state index contributed by atoms with van der Waals surface area (Å²) in [6, 6.07) is 13.3. The van der Waals surface area contributed by atoms with Gasteiger partial charge in [0.1, 0.15) is 5.75 Å². The van der Waals surface area contributed by atoms with Gasteiger partial charge in [0.15, 0.2) is 0 Å². The molecule has 4 nitrogen and oxygen atoms in total. The van der Waals surface area contributed by atoms with Crippen LogP contribution < -0.4 is 10.1 Å². The van der Waals surface area contributed by atoms with Crippen LogP contribution >= 0.6 is 11.3 Å². The normalized spacial score (nSPS) is 10.6. The van der Waals surface area contributed by atoms with Crippen LogP contribution in [-0.2, 0) is 11.2 Å². The molecule has 0 aliphatic rings. The Morgan fingerprint density at radius 1 is 1.27 bits per heavy atom. The van der Waals surface area contributed by atoms with Crippen molar-refractivity contribution >= 4 is 33.1 Å². The van der Waals surface area contributed by atoms with E-state index in [0.717, 1.165) is 27.2 Å². The molecule has 0 bridgehead atoms. The zero-order valence-corrected chi connectivity index (χ0v) is 13.0. The van der Waals surface area contributed by atoms with Crippen LogP contribution in [0.4, 0.5) is 5.69 Å². The molecule has 112 valence electrons. The third-order valence-corrected chi connectivity index (χ3v) is 3.98. The highest BCUT2D eigenvalue weighted by Crippen LogP contribution is 2.22. The number of fused-ring (bicyclic) bond motifs is 1. The maximum absolute atomic E-state index is 12.2. The summed E-state index contributed by atoms with van der Waals surface area (Å²) in [7, 11) is 0. The van der Waals surface area contributed by atoms with E-state index in [-0.39, 0.29) is 5.91 Å². The number of nitrogens with one attached hydrogen (secondary N) is 1. The number of rotatable bonds is 5. The lowest BCUT2D eigenvalue weighted by atomic mass is 10.1. The van der Waals surface area contributed by atoms with E-state index in [4.69, 9.17) is 4.74 Å². The number of ether oxygens (including phenoxy) is 1. The summed E-state index contributed by atoms with van der Waals surface area (Å²) >= 11 is 1.56. The van der Waals surface area contributed by atoms with Crippen LogP contribution in [-0.4, -0.2) is 17.5 Å². The predicted molar refractivity (Wildman–Crippen MR) is 89.6 cm³/mol. The number of hydrogen-bond acceptors (Lipinski definition) is 4. The highest BCUT2D eigenvalue weighted by atomic mass is 32.1. The molecule has 0 aliphatic carbocycles. The molecule has 0 radical (unpaired) electrons. The Morgan fingerprint density at radius 3 is 3.05 bits per heavy atom. The summed E-state index contributed by atoms with van der Waals surface area (Å²) in [5.41, 5.74) is 4.48. The zero-order valence-electron chi connectivity index (χ0n) is 12.2. The molecule has 0 spiro atoms. The van der Waals surface area contributed by atoms with Crippen LogP contribution in [0.2, 0.25) is 0 Å². The van der Waals surface area contributed by atoms with Gasteiger partial charge in [-0.15, -0.1) is 11.3 Å². The highest BCUT2D eigenvalue weighted by molar-refractivity contribution is 7.16. The first-order valence-electron chi connectivity index (χ1n) is 7.09. The molecule has 1 N–H and O–H groups in total. The van der Waals surface area contributed by atoms with Gasteiger partial charge in [-0.1, -0.05) is 12.1 Å². The zero-order chi connectivity index (χ0) is 15.4. The Balaban J connectivity index is 1.67. The van der Waals surface area contributed by atoms with E-state index >= 15 is 0 Å². The van der Waals surface area contributed by atoms with Crippen molar-refractivity contribution in [2.75, 3.05) is 11.9 Å². The van der Waals surface area contributed by atoms with Crippen molar-refractivity contribution in [3.8, 4) is 5.75 Å². The third kappa shape index (κ3) is 3.43. The smallest absolute Gasteiger partial charge is 0.228 e. The van der Waals surface area contributed by atoms with Crippen LogP contribution in [0.3, 0.4) is 0 Å². The van der Waals surface area contributed by atoms with E-state index in [2.05, 4.69) is 10.3 Å². The number of anilines is 1. The van der Waals surface area contributed by atoms with Crippen LogP contribution in [0.25, 0.3) is 10.2 Å². The molecule has 1 heterocycles. The maximum atomic E-state index is 12.2. The number of hydrogen-bond donors (Lipinski definition) is 1. The fraction of sp³-hybridized carbons (Fsp3) is 0.176. The van der Waals surface area contributed by atoms with Crippen molar-refractivity contribution in [2.24, 2.45) is 0 Å². The van der Waals surface area contributed by atoms with Crippen LogP contribution in [0.1, 0.15) is 12.5 Å². The number of benzene rings is 2. The standard InChI is InChI=1S/C17H16N2O2S/c1-2-21-14-5-3-4-12(8-14)9-17(20)19-13-6-7-15-16(10-13)22-11-18-15/h3-8,10-11H,2,9H2,1H3,(H,19,20). The maximum Gasteiger partial charge on any atom is 0.228 e. The van der Waals surface area contributed by atoms with Crippen molar-refractivity contribution in [3.05, 3.63) is 53.5 Å². The molecular formula is C17H16N2O2S. The number of aromatic nitrogens is 1. The SMILES string of the molecule is CCOc1cccc(CC(=O)Nc2ccc3ncsc3c2)c1. The van der Waals surface area contributed by atoms with Gasteiger partial charge in [0, 0.05) is 5.69 Å². The van der Waals surface area contributed by atoms with E-state index in [9.17, 15) is 4.79 Å². The number of nitrogens with zero attached hydrogens (tertiary/aromatic N) is 1. The molecule has 0 saturated heterocycles. The highest BCUT2D eigenvalue weighted by Gasteiger charge is 2.06. The Hall–Kier alpha value is -2.40. The van der Waals surface area contributed by atoms with Gasteiger partial charge in [-0.25, -0.2) is 4.98 Å². The monoisotopic (exact) mass is 312 g/mol. The van der Waals surface area contributed by atoms with Crippen molar-refractivity contribution in [3.63, 3.8) is 0 Å². The van der Waals surface area contributed by atoms with E-state index in [0.29, 0.717) is 13.0 Å². The van der Waals surface area contributed by atoms with Gasteiger partial charge in [-0.05, 0) is 42.8 Å². The van der Waals surface area contributed by atoms with Gasteiger partial charge in [0.2, 0.25) is 5.91 Å². The largest absolute Gasteiger partial charge is 0.494 e. The van der Waals surface area contributed by atoms with Gasteiger partial charge in [0.05, 0.1) is 28.8 Å². The van der Waals surface area contributed by atoms with E-state index < -0.39 is 0 Å². The molecule has 0 fully saturated rings. The molecule has 5 heteroatoms. The van der Waals surface area contributed by atoms with Gasteiger partial charge in [-0.3, -0.25) is 4.79 Å². The first-order chi connectivity index (χ1) is 10.7. The summed E-state index contributed by atoms with van der Waals surface area (Å²) in [5.74, 6) is 0.747. The minimum absolute atomic E-state index is 0.0440. The molecule has 1 amide bonds. The molecule has 0 atom stereocenters. The van der Waals surface area contributed by atoms with Crippen LogP contribution in [0.5, 0.6) is 5.75 Å². The van der Waals surface area contributed by atoms with E-state index in [1.54, 1.807) is 16.8 Å². The Kier molecular flexibility index (Phi) is 4.34. The lowest BCUT2D eigenvalue weighted by molar-refractivity contribution is -0.115. The van der Waals surface area contributed by atoms with Crippen molar-refractivity contribution in [2.45, 2.75) is 13.3 Å². The van der Waals surface area contributed by atoms with E-state index in [1.165, 1.54) is 0 Å². The number of thiazole rings is 1. The molecule has 3 rings (SSSR count). The summed E-state index contributed by atoms with van der Waals surface area (Å²) in [6.07, 6.45) is 0.321. The lowest BCUT2D eigenvalue weighted by Gasteiger charge is -2.07.